The van der Waals surface area contributed by atoms with E-state index >= 15 is 0 Å². The van der Waals surface area contributed by atoms with Gasteiger partial charge in [-0.1, -0.05) is 382 Å². The molecule has 0 spiro atoms. The Morgan fingerprint density at radius 3 is 0.992 bits per heavy atom. The molecule has 20 atom stereocenters. The summed E-state index contributed by atoms with van der Waals surface area (Å²) in [5.74, 6) is -1.59. The van der Waals surface area contributed by atoms with Crippen LogP contribution in [0.15, 0.2) is 0 Å². The molecule has 10 N–H and O–H groups in total. The molecular weight excluding hydrogens is 1560 g/mol. The lowest BCUT2D eigenvalue weighted by Crippen LogP contribution is -2.70. The van der Waals surface area contributed by atoms with E-state index in [0.717, 1.165) is 128 Å². The van der Waals surface area contributed by atoms with E-state index in [4.69, 9.17) is 46.9 Å². The predicted octanol–water partition coefficient (Wildman–Crippen LogP) is 18.7. The van der Waals surface area contributed by atoms with Crippen LogP contribution >= 0.6 is 7.82 Å². The molecule has 2 heterocycles. The Balaban J connectivity index is 1.91. The van der Waals surface area contributed by atoms with E-state index in [1.165, 1.54) is 205 Å². The van der Waals surface area contributed by atoms with Gasteiger partial charge >= 0.3 is 31.7 Å². The van der Waals surface area contributed by atoms with Gasteiger partial charge in [0.25, 0.3) is 0 Å². The van der Waals surface area contributed by atoms with Gasteiger partial charge in [-0.3, -0.25) is 28.2 Å². The molecule has 25 nitrogen and oxygen atoms in total. The zero-order valence-corrected chi connectivity index (χ0v) is 76.9. The quantitative estimate of drug-likeness (QED) is 0.0117. The van der Waals surface area contributed by atoms with Crippen LogP contribution in [0.1, 0.15) is 433 Å². The van der Waals surface area contributed by atoms with Crippen molar-refractivity contribution in [2.45, 2.75) is 537 Å². The van der Waals surface area contributed by atoms with Gasteiger partial charge in [-0.25, -0.2) is 4.57 Å². The minimum absolute atomic E-state index is 0.0169. The highest BCUT2D eigenvalue weighted by atomic mass is 31.2. The minimum Gasteiger partial charge on any atom is -0.463 e. The summed E-state index contributed by atoms with van der Waals surface area (Å²) >= 11 is 0. The second-order valence-electron chi connectivity index (χ2n) is 35.9. The normalized spacial score (nSPS) is 25.2. The molecule has 0 amide bonds. The van der Waals surface area contributed by atoms with Crippen LogP contribution in [0, 0.1) is 11.8 Å². The number of aliphatic hydroxyl groups is 9. The molecule has 0 aromatic rings. The molecule has 1 aliphatic carbocycles. The van der Waals surface area contributed by atoms with E-state index in [1.54, 1.807) is 0 Å². The Kier molecular flexibility index (Phi) is 66.4. The molecule has 0 bridgehead atoms. The maximum absolute atomic E-state index is 14.9. The van der Waals surface area contributed by atoms with Crippen LogP contribution in [0.2, 0.25) is 0 Å². The molecule has 0 aromatic heterocycles. The monoisotopic (exact) mass is 1740 g/mol. The summed E-state index contributed by atoms with van der Waals surface area (Å²) in [6, 6.07) is 0. The van der Waals surface area contributed by atoms with Gasteiger partial charge in [0, 0.05) is 25.7 Å². The van der Waals surface area contributed by atoms with Crippen molar-refractivity contribution in [1.82, 2.24) is 0 Å². The van der Waals surface area contributed by atoms with Crippen LogP contribution in [0.5, 0.6) is 0 Å². The minimum atomic E-state index is -5.81. The number of phosphoric acid groups is 1. The van der Waals surface area contributed by atoms with Crippen molar-refractivity contribution in [3.05, 3.63) is 0 Å². The molecule has 3 aliphatic rings. The number of carbonyl (C=O) groups excluding carboxylic acids is 4. The smallest absolute Gasteiger partial charge is 0.463 e. The molecule has 708 valence electrons. The maximum atomic E-state index is 14.9. The van der Waals surface area contributed by atoms with Crippen molar-refractivity contribution >= 4 is 31.7 Å². The summed E-state index contributed by atoms with van der Waals surface area (Å²) in [5, 5.41) is 102. The van der Waals surface area contributed by atoms with E-state index in [1.807, 2.05) is 0 Å². The lowest BCUT2D eigenvalue weighted by atomic mass is 9.84. The van der Waals surface area contributed by atoms with E-state index in [9.17, 15) is 74.6 Å². The zero-order chi connectivity index (χ0) is 87.8. The number of aliphatic hydroxyl groups excluding tert-OH is 9. The highest BCUT2D eigenvalue weighted by Gasteiger charge is 2.60. The van der Waals surface area contributed by atoms with E-state index < -0.39 is 162 Å². The van der Waals surface area contributed by atoms with E-state index in [-0.39, 0.29) is 25.7 Å². The Bertz CT molecular complexity index is 2520. The third-order valence-electron chi connectivity index (χ3n) is 24.7. The average Bonchev–Trinajstić information content (AvgIpc) is 0.754. The molecule has 0 radical (unpaired) electrons. The first-order chi connectivity index (χ1) is 58.0. The predicted molar refractivity (Wildman–Crippen MR) is 467 cm³/mol. The van der Waals surface area contributed by atoms with Gasteiger partial charge < -0.3 is 88.7 Å². The largest absolute Gasteiger partial charge is 0.472 e. The standard InChI is InChI=1S/C94H177O25P/c1-7-11-15-19-23-25-27-29-30-31-33-34-36-38-48-56-64-77(96)110-69-74(113-79(98)66-58-51-43-41-47-55-63-73(6)61-53-45-22-18-14-10-4)70-112-120(108,109)119-92-90(117-93-87(106)83(102)81(100)75(68-95)114-93)86(105)85(104)89(116-80(99)67-59-50-39-37-35-32-28-26-24-20-16-12-8-2)91(92)118-94-88(107)84(103)82(101)76(115-94)71-111-78(97)65-57-49-42-40-46-54-62-72(5)60-52-44-21-17-13-9-3/h72-76,81-95,100-107H,7-71H2,1-6H3,(H,108,109). The molecule has 0 aromatic carbocycles. The summed E-state index contributed by atoms with van der Waals surface area (Å²) in [6.07, 6.45) is 26.6. The molecule has 1 saturated carbocycles. The number of hydrogen-bond donors (Lipinski definition) is 10. The molecule has 26 heteroatoms. The third kappa shape index (κ3) is 51.5. The zero-order valence-electron chi connectivity index (χ0n) is 76.0. The highest BCUT2D eigenvalue weighted by molar-refractivity contribution is 7.47. The third-order valence-corrected chi connectivity index (χ3v) is 25.6. The number of rotatable bonds is 79. The highest BCUT2D eigenvalue weighted by Crippen LogP contribution is 2.49. The Labute approximate surface area is 725 Å². The molecule has 2 aliphatic heterocycles. The SMILES string of the molecule is CCCCCCCCCCCCCCCCCCC(=O)OCC(COP(=O)(O)OC1C(OC2OC(CO)C(O)C(O)C2O)C(O)C(O)C(OC(=O)CCCCCCCCCCCCCCC)C1OC1OC(COC(=O)CCCCCCCCC(C)CCCCCCCC)C(O)C(O)C1O)OC(=O)CCCCCCCCC(C)CCCCCCCC. The molecule has 20 unspecified atom stereocenters. The second kappa shape index (κ2) is 71.4. The van der Waals surface area contributed by atoms with Crippen molar-refractivity contribution in [3.63, 3.8) is 0 Å². The first-order valence-corrected chi connectivity index (χ1v) is 50.5. The first-order valence-electron chi connectivity index (χ1n) is 49.1. The van der Waals surface area contributed by atoms with Gasteiger partial charge in [-0.2, -0.15) is 0 Å². The summed E-state index contributed by atoms with van der Waals surface area (Å²) in [7, 11) is -5.81. The average molecular weight is 1740 g/mol. The number of phosphoric ester groups is 1. The lowest BCUT2D eigenvalue weighted by Gasteiger charge is -2.50. The van der Waals surface area contributed by atoms with E-state index in [2.05, 4.69) is 41.5 Å². The Morgan fingerprint density at radius 1 is 0.325 bits per heavy atom. The summed E-state index contributed by atoms with van der Waals surface area (Å²) in [4.78, 5) is 66.7. The van der Waals surface area contributed by atoms with Gasteiger partial charge in [-0.15, -0.1) is 0 Å². The molecular formula is C94H177O25P. The number of ether oxygens (including phenoxy) is 8. The van der Waals surface area contributed by atoms with Crippen LogP contribution in [0.25, 0.3) is 0 Å². The summed E-state index contributed by atoms with van der Waals surface area (Å²) < 4.78 is 73.6. The van der Waals surface area contributed by atoms with Crippen LogP contribution in [-0.2, 0) is 70.7 Å². The van der Waals surface area contributed by atoms with Crippen LogP contribution in [0.4, 0.5) is 0 Å². The van der Waals surface area contributed by atoms with Crippen LogP contribution in [0.3, 0.4) is 0 Å². The molecule has 3 rings (SSSR count). The maximum Gasteiger partial charge on any atom is 0.472 e. The summed E-state index contributed by atoms with van der Waals surface area (Å²) in [6.45, 7) is 10.3. The number of esters is 4. The fourth-order valence-electron chi connectivity index (χ4n) is 16.7. The molecule has 3 fully saturated rings. The summed E-state index contributed by atoms with van der Waals surface area (Å²) in [5.41, 5.74) is 0. The molecule has 2 saturated heterocycles. The Morgan fingerprint density at radius 2 is 0.625 bits per heavy atom. The van der Waals surface area contributed by atoms with Gasteiger partial charge in [0.15, 0.2) is 24.8 Å². The van der Waals surface area contributed by atoms with Crippen LogP contribution < -0.4 is 0 Å². The van der Waals surface area contributed by atoms with Gasteiger partial charge in [0.2, 0.25) is 0 Å². The first kappa shape index (κ1) is 112. The fraction of sp³-hybridized carbons (Fsp3) is 0.957. The molecule has 120 heavy (non-hydrogen) atoms. The van der Waals surface area contributed by atoms with Gasteiger partial charge in [-0.05, 0) is 37.5 Å². The Hall–Kier alpha value is -2.53. The van der Waals surface area contributed by atoms with Crippen molar-refractivity contribution in [2.24, 2.45) is 11.8 Å². The van der Waals surface area contributed by atoms with Crippen molar-refractivity contribution in [3.8, 4) is 0 Å². The van der Waals surface area contributed by atoms with Crippen molar-refractivity contribution < 1.29 is 122 Å². The van der Waals surface area contributed by atoms with E-state index in [0.29, 0.717) is 43.9 Å². The van der Waals surface area contributed by atoms with Crippen molar-refractivity contribution in [2.75, 3.05) is 26.4 Å². The number of hydrogen-bond acceptors (Lipinski definition) is 24. The second-order valence-corrected chi connectivity index (χ2v) is 37.3. The fourth-order valence-corrected chi connectivity index (χ4v) is 17.7. The lowest BCUT2D eigenvalue weighted by molar-refractivity contribution is -0.360. The number of unbranched alkanes of at least 4 members (excludes halogenated alkanes) is 47. The van der Waals surface area contributed by atoms with Gasteiger partial charge in [0.1, 0.15) is 92.6 Å². The van der Waals surface area contributed by atoms with Crippen LogP contribution in [-0.4, -0.2) is 205 Å². The van der Waals surface area contributed by atoms with Gasteiger partial charge in [0.05, 0.1) is 13.2 Å². The number of carbonyl (C=O) groups is 4. The topological polar surface area (TPSA) is 380 Å². The van der Waals surface area contributed by atoms with Crippen molar-refractivity contribution in [1.29, 1.82) is 0 Å².